The molecule has 3 heteroatoms. The van der Waals surface area contributed by atoms with Crippen molar-refractivity contribution in [2.24, 2.45) is 0 Å². The van der Waals surface area contributed by atoms with Crippen LogP contribution in [0.1, 0.15) is 31.4 Å². The number of benzene rings is 2. The smallest absolute Gasteiger partial charge is 0.0850 e. The Balaban J connectivity index is 1.94. The monoisotopic (exact) mass is 335 g/mol. The van der Waals surface area contributed by atoms with Gasteiger partial charge < -0.3 is 16.0 Å². The number of nitrogens with one attached hydrogen (secondary N) is 3. The molecule has 0 saturated heterocycles. The highest BCUT2D eigenvalue weighted by molar-refractivity contribution is 5.68. The number of para-hydroxylation sites is 2. The maximum atomic E-state index is 3.53. The Morgan fingerprint density at radius 2 is 1.76 bits per heavy atom. The summed E-state index contributed by atoms with van der Waals surface area (Å²) in [5.41, 5.74) is 5.92. The molecule has 2 aromatic rings. The Morgan fingerprint density at radius 3 is 2.44 bits per heavy atom. The first-order valence-corrected chi connectivity index (χ1v) is 8.92. The van der Waals surface area contributed by atoms with E-state index in [4.69, 9.17) is 0 Å². The third-order valence-corrected chi connectivity index (χ3v) is 3.83. The lowest BCUT2D eigenvalue weighted by Crippen LogP contribution is -2.21. The average Bonchev–Trinajstić information content (AvgIpc) is 2.61. The van der Waals surface area contributed by atoms with Crippen molar-refractivity contribution in [3.8, 4) is 0 Å². The highest BCUT2D eigenvalue weighted by Gasteiger charge is 2.01. The van der Waals surface area contributed by atoms with Crippen molar-refractivity contribution < 1.29 is 0 Å². The summed E-state index contributed by atoms with van der Waals surface area (Å²) in [5, 5.41) is 10.4. The molecule has 0 heterocycles. The Hall–Kier alpha value is -2.68. The fourth-order valence-electron chi connectivity index (χ4n) is 2.65. The zero-order chi connectivity index (χ0) is 17.9. The zero-order valence-electron chi connectivity index (χ0n) is 15.5. The van der Waals surface area contributed by atoms with E-state index in [0.29, 0.717) is 6.67 Å². The summed E-state index contributed by atoms with van der Waals surface area (Å²) >= 11 is 0. The van der Waals surface area contributed by atoms with Gasteiger partial charge in [-0.05, 0) is 44.0 Å². The van der Waals surface area contributed by atoms with Gasteiger partial charge in [0.25, 0.3) is 0 Å². The Bertz CT molecular complexity index is 717. The molecule has 0 atom stereocenters. The van der Waals surface area contributed by atoms with Gasteiger partial charge in [0.1, 0.15) is 0 Å². The molecule has 0 aliphatic carbocycles. The fraction of sp³-hybridized carbons (Fsp3) is 0.273. The molecule has 0 saturated carbocycles. The van der Waals surface area contributed by atoms with Crippen LogP contribution in [0.2, 0.25) is 0 Å². The molecule has 0 radical (unpaired) electrons. The van der Waals surface area contributed by atoms with Gasteiger partial charge in [-0.25, -0.2) is 0 Å². The van der Waals surface area contributed by atoms with Gasteiger partial charge in [-0.3, -0.25) is 0 Å². The van der Waals surface area contributed by atoms with Crippen LogP contribution in [0.4, 0.5) is 11.4 Å². The quantitative estimate of drug-likeness (QED) is 0.422. The van der Waals surface area contributed by atoms with Gasteiger partial charge in [0, 0.05) is 12.2 Å². The van der Waals surface area contributed by atoms with Crippen molar-refractivity contribution in [3.05, 3.63) is 83.6 Å². The minimum atomic E-state index is 0.680. The molecule has 2 aromatic carbocycles. The van der Waals surface area contributed by atoms with Crippen molar-refractivity contribution >= 4 is 11.4 Å². The van der Waals surface area contributed by atoms with Crippen molar-refractivity contribution in [1.29, 1.82) is 0 Å². The first-order chi connectivity index (χ1) is 12.2. The number of hydrogen-bond acceptors (Lipinski definition) is 3. The molecule has 0 aromatic heterocycles. The number of allylic oxidation sites excluding steroid dienone is 3. The molecule has 0 spiro atoms. The molecule has 3 N–H and O–H groups in total. The van der Waals surface area contributed by atoms with E-state index in [1.165, 1.54) is 11.1 Å². The standard InChI is InChI=1S/C22H29N3/c1-4-9-20(10-5-2)24-17-25-22-14-7-6-13-21(22)23-16-19-12-8-11-18(3)15-19/h4,6-15,23-25H,5,16-17H2,1-3H3/b9-4-,20-10+. The fourth-order valence-corrected chi connectivity index (χ4v) is 2.65. The number of anilines is 2. The lowest BCUT2D eigenvalue weighted by atomic mass is 10.1. The molecule has 2 rings (SSSR count). The molecule has 0 unspecified atom stereocenters. The molecule has 0 aliphatic heterocycles. The first kappa shape index (κ1) is 18.7. The van der Waals surface area contributed by atoms with E-state index in [0.717, 1.165) is 30.0 Å². The number of aryl methyl sites for hydroxylation is 1. The largest absolute Gasteiger partial charge is 0.379 e. The van der Waals surface area contributed by atoms with Crippen LogP contribution in [0.5, 0.6) is 0 Å². The maximum absolute atomic E-state index is 3.53. The van der Waals surface area contributed by atoms with E-state index >= 15 is 0 Å². The van der Waals surface area contributed by atoms with Crippen LogP contribution >= 0.6 is 0 Å². The van der Waals surface area contributed by atoms with Crippen LogP contribution in [0, 0.1) is 6.92 Å². The van der Waals surface area contributed by atoms with Gasteiger partial charge in [0.15, 0.2) is 0 Å². The van der Waals surface area contributed by atoms with E-state index in [2.05, 4.69) is 90.5 Å². The Kier molecular flexibility index (Phi) is 7.64. The third kappa shape index (κ3) is 6.38. The Labute approximate surface area is 151 Å². The molecule has 0 amide bonds. The lowest BCUT2D eigenvalue weighted by molar-refractivity contribution is 0.879. The second-order valence-electron chi connectivity index (χ2n) is 5.99. The van der Waals surface area contributed by atoms with Crippen molar-refractivity contribution in [2.75, 3.05) is 17.3 Å². The molecule has 25 heavy (non-hydrogen) atoms. The average molecular weight is 335 g/mol. The van der Waals surface area contributed by atoms with Crippen molar-refractivity contribution in [3.63, 3.8) is 0 Å². The van der Waals surface area contributed by atoms with Gasteiger partial charge >= 0.3 is 0 Å². The van der Waals surface area contributed by atoms with Crippen LogP contribution in [0.15, 0.2) is 72.5 Å². The summed E-state index contributed by atoms with van der Waals surface area (Å²) in [4.78, 5) is 0. The molecular weight excluding hydrogens is 306 g/mol. The van der Waals surface area contributed by atoms with E-state index in [-0.39, 0.29) is 0 Å². The van der Waals surface area contributed by atoms with Crippen LogP contribution in [-0.4, -0.2) is 6.67 Å². The molecular formula is C22H29N3. The summed E-state index contributed by atoms with van der Waals surface area (Å²) in [7, 11) is 0. The second-order valence-corrected chi connectivity index (χ2v) is 5.99. The second kappa shape index (κ2) is 10.2. The predicted octanol–water partition coefficient (Wildman–Crippen LogP) is 5.44. The highest BCUT2D eigenvalue weighted by Crippen LogP contribution is 2.21. The van der Waals surface area contributed by atoms with Gasteiger partial charge in [-0.1, -0.05) is 61.0 Å². The van der Waals surface area contributed by atoms with E-state index < -0.39 is 0 Å². The van der Waals surface area contributed by atoms with Crippen LogP contribution < -0.4 is 16.0 Å². The minimum absolute atomic E-state index is 0.680. The number of rotatable bonds is 9. The SMILES string of the molecule is C/C=C\C(=C/CC)NCNc1ccccc1NCc1cccc(C)c1. The van der Waals surface area contributed by atoms with Crippen LogP contribution in [0.3, 0.4) is 0 Å². The molecule has 0 bridgehead atoms. The highest BCUT2D eigenvalue weighted by atomic mass is 15.1. The maximum Gasteiger partial charge on any atom is 0.0850 e. The lowest BCUT2D eigenvalue weighted by Gasteiger charge is -2.15. The summed E-state index contributed by atoms with van der Waals surface area (Å²) < 4.78 is 0. The van der Waals surface area contributed by atoms with Gasteiger partial charge in [0.05, 0.1) is 18.0 Å². The molecule has 0 fully saturated rings. The van der Waals surface area contributed by atoms with E-state index in [1.54, 1.807) is 0 Å². The van der Waals surface area contributed by atoms with Crippen molar-refractivity contribution in [2.45, 2.75) is 33.7 Å². The van der Waals surface area contributed by atoms with Crippen LogP contribution in [0.25, 0.3) is 0 Å². The minimum Gasteiger partial charge on any atom is -0.379 e. The predicted molar refractivity (Wildman–Crippen MR) is 110 cm³/mol. The topological polar surface area (TPSA) is 36.1 Å². The van der Waals surface area contributed by atoms with Gasteiger partial charge in [-0.2, -0.15) is 0 Å². The summed E-state index contributed by atoms with van der Waals surface area (Å²) in [6.07, 6.45) is 7.34. The van der Waals surface area contributed by atoms with Crippen LogP contribution in [-0.2, 0) is 6.54 Å². The van der Waals surface area contributed by atoms with E-state index in [1.807, 2.05) is 13.0 Å². The summed E-state index contributed by atoms with van der Waals surface area (Å²) in [5.74, 6) is 0. The zero-order valence-corrected chi connectivity index (χ0v) is 15.5. The van der Waals surface area contributed by atoms with E-state index in [9.17, 15) is 0 Å². The van der Waals surface area contributed by atoms with Gasteiger partial charge in [-0.15, -0.1) is 0 Å². The Morgan fingerprint density at radius 1 is 1.00 bits per heavy atom. The first-order valence-electron chi connectivity index (χ1n) is 8.92. The third-order valence-electron chi connectivity index (χ3n) is 3.83. The molecule has 132 valence electrons. The molecule has 0 aliphatic rings. The van der Waals surface area contributed by atoms with Gasteiger partial charge in [0.2, 0.25) is 0 Å². The normalized spacial score (nSPS) is 11.6. The number of hydrogen-bond donors (Lipinski definition) is 3. The van der Waals surface area contributed by atoms with Crippen molar-refractivity contribution in [1.82, 2.24) is 5.32 Å². The molecule has 3 nitrogen and oxygen atoms in total. The summed E-state index contributed by atoms with van der Waals surface area (Å²) in [6.45, 7) is 7.79. The summed E-state index contributed by atoms with van der Waals surface area (Å²) in [6, 6.07) is 16.9.